The molecule has 1 saturated carbocycles. The first-order chi connectivity index (χ1) is 9.08. The van der Waals surface area contributed by atoms with E-state index < -0.39 is 0 Å². The van der Waals surface area contributed by atoms with Gasteiger partial charge >= 0.3 is 0 Å². The molecule has 0 amide bonds. The summed E-state index contributed by atoms with van der Waals surface area (Å²) in [5.74, 6) is 1.31. The van der Waals surface area contributed by atoms with Gasteiger partial charge in [-0.15, -0.1) is 0 Å². The van der Waals surface area contributed by atoms with E-state index in [0.29, 0.717) is 0 Å². The van der Waals surface area contributed by atoms with Gasteiger partial charge in [0.2, 0.25) is 0 Å². The molecule has 19 heavy (non-hydrogen) atoms. The summed E-state index contributed by atoms with van der Waals surface area (Å²) in [7, 11) is 2.06. The van der Waals surface area contributed by atoms with Crippen molar-refractivity contribution in [2.75, 3.05) is 11.4 Å². The van der Waals surface area contributed by atoms with E-state index in [4.69, 9.17) is 5.73 Å². The molecule has 1 heterocycles. The van der Waals surface area contributed by atoms with Crippen LogP contribution in [0.2, 0.25) is 0 Å². The molecule has 0 aliphatic heterocycles. The van der Waals surface area contributed by atoms with Crippen molar-refractivity contribution in [3.63, 3.8) is 0 Å². The molecule has 2 N–H and O–H groups in total. The van der Waals surface area contributed by atoms with Crippen LogP contribution in [0.15, 0.2) is 0 Å². The second-order valence-corrected chi connectivity index (χ2v) is 5.81. The van der Waals surface area contributed by atoms with Gasteiger partial charge in [0.25, 0.3) is 0 Å². The van der Waals surface area contributed by atoms with Gasteiger partial charge in [0, 0.05) is 31.2 Å². The minimum absolute atomic E-state index is 0.240. The second-order valence-electron chi connectivity index (χ2n) is 5.81. The maximum absolute atomic E-state index is 6.16. The summed E-state index contributed by atoms with van der Waals surface area (Å²) in [5, 5.41) is 4.63. The number of hydrogen-bond donors (Lipinski definition) is 1. The van der Waals surface area contributed by atoms with E-state index in [2.05, 4.69) is 42.5 Å². The zero-order valence-corrected chi connectivity index (χ0v) is 12.8. The Hall–Kier alpha value is -1.03. The summed E-state index contributed by atoms with van der Waals surface area (Å²) in [6.07, 6.45) is 5.79. The van der Waals surface area contributed by atoms with Crippen molar-refractivity contribution in [1.82, 2.24) is 9.78 Å². The summed E-state index contributed by atoms with van der Waals surface area (Å²) in [5.41, 5.74) is 8.66. The Labute approximate surface area is 117 Å². The zero-order chi connectivity index (χ0) is 14.0. The number of aryl methyl sites for hydroxylation is 2. The van der Waals surface area contributed by atoms with Gasteiger partial charge in [-0.05, 0) is 39.0 Å². The number of hydrogen-bond acceptors (Lipinski definition) is 3. The number of nitrogens with zero attached hydrogens (tertiary/aromatic N) is 3. The number of aromatic nitrogens is 2. The molecule has 1 unspecified atom stereocenters. The van der Waals surface area contributed by atoms with Crippen molar-refractivity contribution < 1.29 is 0 Å². The lowest BCUT2D eigenvalue weighted by molar-refractivity contribution is 0.637. The molecule has 0 radical (unpaired) electrons. The highest BCUT2D eigenvalue weighted by molar-refractivity contribution is 5.52. The summed E-state index contributed by atoms with van der Waals surface area (Å²) < 4.78 is 2.06. The van der Waals surface area contributed by atoms with E-state index in [-0.39, 0.29) is 6.04 Å². The summed E-state index contributed by atoms with van der Waals surface area (Å²) >= 11 is 0. The number of rotatable bonds is 7. The molecule has 1 aliphatic carbocycles. The molecule has 2 rings (SSSR count). The Balaban J connectivity index is 2.31. The molecule has 1 atom stereocenters. The van der Waals surface area contributed by atoms with Crippen LogP contribution < -0.4 is 10.6 Å². The highest BCUT2D eigenvalue weighted by Crippen LogP contribution is 2.35. The molecule has 0 aromatic carbocycles. The summed E-state index contributed by atoms with van der Waals surface area (Å²) in [6.45, 7) is 7.63. The molecule has 4 heteroatoms. The van der Waals surface area contributed by atoms with Crippen LogP contribution in [0.25, 0.3) is 0 Å². The second kappa shape index (κ2) is 5.95. The molecule has 1 aromatic rings. The maximum atomic E-state index is 6.16. The quantitative estimate of drug-likeness (QED) is 0.822. The number of anilines is 1. The van der Waals surface area contributed by atoms with Crippen LogP contribution in [0.3, 0.4) is 0 Å². The van der Waals surface area contributed by atoms with Crippen LogP contribution in [0.1, 0.15) is 50.8 Å². The lowest BCUT2D eigenvalue weighted by atomic mass is 10.0. The third-order valence-corrected chi connectivity index (χ3v) is 4.03. The molecule has 0 saturated heterocycles. The van der Waals surface area contributed by atoms with Crippen molar-refractivity contribution in [1.29, 1.82) is 0 Å². The topological polar surface area (TPSA) is 47.1 Å². The first-order valence-corrected chi connectivity index (χ1v) is 7.63. The van der Waals surface area contributed by atoms with Gasteiger partial charge in [0.15, 0.2) is 0 Å². The van der Waals surface area contributed by atoms with Gasteiger partial charge in [-0.2, -0.15) is 5.10 Å². The lowest BCUT2D eigenvalue weighted by Crippen LogP contribution is -2.30. The Morgan fingerprint density at radius 1 is 1.42 bits per heavy atom. The van der Waals surface area contributed by atoms with Crippen LogP contribution in [-0.4, -0.2) is 28.4 Å². The van der Waals surface area contributed by atoms with Crippen LogP contribution in [-0.2, 0) is 13.5 Å². The normalized spacial score (nSPS) is 16.7. The Morgan fingerprint density at radius 3 is 2.63 bits per heavy atom. The van der Waals surface area contributed by atoms with E-state index in [1.54, 1.807) is 0 Å². The Morgan fingerprint density at radius 2 is 2.11 bits per heavy atom. The Bertz CT molecular complexity index is 420. The number of nitrogens with two attached hydrogens (primary N) is 1. The van der Waals surface area contributed by atoms with Gasteiger partial charge < -0.3 is 10.6 Å². The third kappa shape index (κ3) is 3.11. The van der Waals surface area contributed by atoms with E-state index in [1.807, 2.05) is 0 Å². The first kappa shape index (κ1) is 14.4. The predicted molar refractivity (Wildman–Crippen MR) is 80.6 cm³/mol. The SMILES string of the molecule is CCCN(c1c(CC(N)CC)c(C)nn1C)C1CC1. The van der Waals surface area contributed by atoms with Crippen molar-refractivity contribution in [3.05, 3.63) is 11.3 Å². The molecule has 1 fully saturated rings. The van der Waals surface area contributed by atoms with Gasteiger partial charge in [-0.1, -0.05) is 13.8 Å². The Kier molecular flexibility index (Phi) is 4.50. The van der Waals surface area contributed by atoms with Gasteiger partial charge in [-0.3, -0.25) is 4.68 Å². The average molecular weight is 264 g/mol. The van der Waals surface area contributed by atoms with Gasteiger partial charge in [0.05, 0.1) is 5.69 Å². The fourth-order valence-electron chi connectivity index (χ4n) is 2.78. The molecule has 4 nitrogen and oxygen atoms in total. The van der Waals surface area contributed by atoms with Gasteiger partial charge in [-0.25, -0.2) is 0 Å². The predicted octanol–water partition coefficient (Wildman–Crippen LogP) is 2.39. The highest BCUT2D eigenvalue weighted by atomic mass is 15.4. The average Bonchev–Trinajstić information content (AvgIpc) is 3.16. The van der Waals surface area contributed by atoms with Crippen molar-refractivity contribution >= 4 is 5.82 Å². The molecular formula is C15H28N4. The largest absolute Gasteiger partial charge is 0.354 e. The minimum Gasteiger partial charge on any atom is -0.354 e. The van der Waals surface area contributed by atoms with Gasteiger partial charge in [0.1, 0.15) is 5.82 Å². The van der Waals surface area contributed by atoms with Crippen LogP contribution in [0.5, 0.6) is 0 Å². The molecular weight excluding hydrogens is 236 g/mol. The van der Waals surface area contributed by atoms with Crippen molar-refractivity contribution in [2.45, 2.75) is 65.0 Å². The van der Waals surface area contributed by atoms with Crippen LogP contribution in [0, 0.1) is 6.92 Å². The highest BCUT2D eigenvalue weighted by Gasteiger charge is 2.32. The minimum atomic E-state index is 0.240. The van der Waals surface area contributed by atoms with E-state index in [0.717, 1.165) is 31.1 Å². The maximum Gasteiger partial charge on any atom is 0.130 e. The monoisotopic (exact) mass is 264 g/mol. The summed E-state index contributed by atoms with van der Waals surface area (Å²) in [4.78, 5) is 2.55. The fourth-order valence-corrected chi connectivity index (χ4v) is 2.78. The van der Waals surface area contributed by atoms with Crippen molar-refractivity contribution in [3.8, 4) is 0 Å². The summed E-state index contributed by atoms with van der Waals surface area (Å²) in [6, 6.07) is 0.968. The smallest absolute Gasteiger partial charge is 0.130 e. The van der Waals surface area contributed by atoms with E-state index in [1.165, 1.54) is 30.6 Å². The standard InChI is InChI=1S/C15H28N4/c1-5-9-19(13-7-8-13)15-14(10-12(16)6-2)11(3)17-18(15)4/h12-13H,5-10,16H2,1-4H3. The lowest BCUT2D eigenvalue weighted by Gasteiger charge is -2.26. The van der Waals surface area contributed by atoms with E-state index >= 15 is 0 Å². The zero-order valence-electron chi connectivity index (χ0n) is 12.8. The molecule has 1 aromatic heterocycles. The molecule has 108 valence electrons. The molecule has 0 bridgehead atoms. The fraction of sp³-hybridized carbons (Fsp3) is 0.800. The van der Waals surface area contributed by atoms with E-state index in [9.17, 15) is 0 Å². The third-order valence-electron chi connectivity index (χ3n) is 4.03. The van der Waals surface area contributed by atoms with Crippen LogP contribution >= 0.6 is 0 Å². The molecule has 1 aliphatic rings. The first-order valence-electron chi connectivity index (χ1n) is 7.63. The van der Waals surface area contributed by atoms with Crippen LogP contribution in [0.4, 0.5) is 5.82 Å². The van der Waals surface area contributed by atoms with Crippen molar-refractivity contribution in [2.24, 2.45) is 12.8 Å². The molecule has 0 spiro atoms.